The lowest BCUT2D eigenvalue weighted by Crippen LogP contribution is -2.43. The van der Waals surface area contributed by atoms with Crippen molar-refractivity contribution in [2.75, 3.05) is 20.2 Å². The zero-order valence-electron chi connectivity index (χ0n) is 12.5. The number of nitrogens with one attached hydrogen (secondary N) is 2. The smallest absolute Gasteiger partial charge is 0.251 e. The predicted octanol–water partition coefficient (Wildman–Crippen LogP) is 0.532. The fourth-order valence-electron chi connectivity index (χ4n) is 1.70. The van der Waals surface area contributed by atoms with Crippen LogP contribution in [-0.2, 0) is 4.79 Å². The fraction of sp³-hybridized carbons (Fsp3) is 0.375. The van der Waals surface area contributed by atoms with Crippen molar-refractivity contribution in [2.45, 2.75) is 13.8 Å². The lowest BCUT2D eigenvalue weighted by Gasteiger charge is -2.22. The quantitative estimate of drug-likeness (QED) is 0.707. The number of rotatable bonds is 4. The Morgan fingerprint density at radius 2 is 2.05 bits per heavy atom. The fourth-order valence-corrected chi connectivity index (χ4v) is 1.70. The van der Waals surface area contributed by atoms with Gasteiger partial charge in [0.15, 0.2) is 0 Å². The Hall–Kier alpha value is -2.32. The van der Waals surface area contributed by atoms with Crippen LogP contribution < -0.4 is 10.6 Å². The van der Waals surface area contributed by atoms with Crippen molar-refractivity contribution in [1.82, 2.24) is 10.6 Å². The van der Waals surface area contributed by atoms with E-state index < -0.39 is 5.41 Å². The number of hydrogen-bond donors (Lipinski definition) is 3. The van der Waals surface area contributed by atoms with Gasteiger partial charge in [0.25, 0.3) is 5.91 Å². The summed E-state index contributed by atoms with van der Waals surface area (Å²) >= 11 is 0. The first-order valence-corrected chi connectivity index (χ1v) is 6.61. The van der Waals surface area contributed by atoms with E-state index >= 15 is 0 Å². The van der Waals surface area contributed by atoms with Crippen LogP contribution in [0.3, 0.4) is 0 Å². The van der Waals surface area contributed by atoms with E-state index in [9.17, 15) is 9.59 Å². The molecular weight excluding hydrogens is 268 g/mol. The van der Waals surface area contributed by atoms with E-state index in [1.54, 1.807) is 45.2 Å². The normalized spacial score (nSPS) is 10.3. The summed E-state index contributed by atoms with van der Waals surface area (Å²) < 4.78 is 0. The predicted molar refractivity (Wildman–Crippen MR) is 80.6 cm³/mol. The third-order valence-corrected chi connectivity index (χ3v) is 2.97. The third kappa shape index (κ3) is 4.93. The van der Waals surface area contributed by atoms with E-state index in [0.717, 1.165) is 0 Å². The molecule has 112 valence electrons. The monoisotopic (exact) mass is 288 g/mol. The molecular formula is C16H20N2O3. The number of amides is 2. The Morgan fingerprint density at radius 3 is 2.67 bits per heavy atom. The standard InChI is InChI=1S/C16H20N2O3/c1-16(2,15(21)17-3)11-18-14(20)13-8-4-6-12(10-13)7-5-9-19/h4,6,8,10,19H,9,11H2,1-3H3,(H,17,21)(H,18,20). The summed E-state index contributed by atoms with van der Waals surface area (Å²) in [6, 6.07) is 6.80. The lowest BCUT2D eigenvalue weighted by molar-refractivity contribution is -0.128. The summed E-state index contributed by atoms with van der Waals surface area (Å²) in [4.78, 5) is 23.7. The molecule has 0 unspecified atom stereocenters. The maximum absolute atomic E-state index is 12.1. The van der Waals surface area contributed by atoms with Crippen LogP contribution in [0.15, 0.2) is 24.3 Å². The molecule has 5 heteroatoms. The number of benzene rings is 1. The molecule has 0 atom stereocenters. The highest BCUT2D eigenvalue weighted by atomic mass is 16.2. The molecule has 0 saturated heterocycles. The maximum Gasteiger partial charge on any atom is 0.251 e. The molecule has 0 radical (unpaired) electrons. The Bertz CT molecular complexity index is 583. The molecule has 0 bridgehead atoms. The second kappa shape index (κ2) is 7.46. The van der Waals surface area contributed by atoms with Gasteiger partial charge in [0.1, 0.15) is 6.61 Å². The van der Waals surface area contributed by atoms with Crippen molar-refractivity contribution in [2.24, 2.45) is 5.41 Å². The molecule has 0 heterocycles. The first kappa shape index (κ1) is 16.7. The van der Waals surface area contributed by atoms with Crippen LogP contribution in [0, 0.1) is 17.3 Å². The highest BCUT2D eigenvalue weighted by Crippen LogP contribution is 2.13. The molecule has 0 spiro atoms. The van der Waals surface area contributed by atoms with Crippen LogP contribution in [0.5, 0.6) is 0 Å². The number of carbonyl (C=O) groups excluding carboxylic acids is 2. The van der Waals surface area contributed by atoms with E-state index in [1.165, 1.54) is 0 Å². The van der Waals surface area contributed by atoms with E-state index in [1.807, 2.05) is 0 Å². The molecule has 21 heavy (non-hydrogen) atoms. The first-order valence-electron chi connectivity index (χ1n) is 6.61. The van der Waals surface area contributed by atoms with Crippen LogP contribution in [-0.4, -0.2) is 37.1 Å². The molecule has 0 fully saturated rings. The van der Waals surface area contributed by atoms with Gasteiger partial charge in [0.05, 0.1) is 5.41 Å². The van der Waals surface area contributed by atoms with Gasteiger partial charge < -0.3 is 15.7 Å². The minimum Gasteiger partial charge on any atom is -0.384 e. The van der Waals surface area contributed by atoms with Crippen molar-refractivity contribution >= 4 is 11.8 Å². The molecule has 0 aromatic heterocycles. The molecule has 1 aromatic carbocycles. The van der Waals surface area contributed by atoms with Gasteiger partial charge in [-0.25, -0.2) is 0 Å². The Morgan fingerprint density at radius 1 is 1.33 bits per heavy atom. The van der Waals surface area contributed by atoms with Gasteiger partial charge in [-0.2, -0.15) is 0 Å². The minimum absolute atomic E-state index is 0.134. The van der Waals surface area contributed by atoms with E-state index in [2.05, 4.69) is 22.5 Å². The zero-order chi connectivity index (χ0) is 15.9. The number of hydrogen-bond acceptors (Lipinski definition) is 3. The van der Waals surface area contributed by atoms with E-state index in [-0.39, 0.29) is 25.0 Å². The van der Waals surface area contributed by atoms with Gasteiger partial charge in [0.2, 0.25) is 5.91 Å². The van der Waals surface area contributed by atoms with Gasteiger partial charge in [-0.1, -0.05) is 17.9 Å². The van der Waals surface area contributed by atoms with Gasteiger partial charge >= 0.3 is 0 Å². The molecule has 0 aliphatic carbocycles. The minimum atomic E-state index is -0.682. The zero-order valence-corrected chi connectivity index (χ0v) is 12.5. The lowest BCUT2D eigenvalue weighted by atomic mass is 9.92. The highest BCUT2D eigenvalue weighted by molar-refractivity contribution is 5.95. The number of carbonyl (C=O) groups is 2. The summed E-state index contributed by atoms with van der Waals surface area (Å²) in [6.45, 7) is 3.53. The molecule has 1 aromatic rings. The van der Waals surface area contributed by atoms with Crippen molar-refractivity contribution in [3.63, 3.8) is 0 Å². The van der Waals surface area contributed by atoms with Crippen molar-refractivity contribution in [3.05, 3.63) is 35.4 Å². The summed E-state index contributed by atoms with van der Waals surface area (Å²) in [5.41, 5.74) is 0.438. The van der Waals surface area contributed by atoms with Gasteiger partial charge in [-0.3, -0.25) is 9.59 Å². The molecule has 0 aliphatic rings. The van der Waals surface area contributed by atoms with Crippen molar-refractivity contribution < 1.29 is 14.7 Å². The summed E-state index contributed by atoms with van der Waals surface area (Å²) in [7, 11) is 1.56. The third-order valence-electron chi connectivity index (χ3n) is 2.97. The van der Waals surface area contributed by atoms with Crippen LogP contribution in [0.2, 0.25) is 0 Å². The number of aliphatic hydroxyl groups is 1. The highest BCUT2D eigenvalue weighted by Gasteiger charge is 2.27. The molecule has 3 N–H and O–H groups in total. The van der Waals surface area contributed by atoms with Crippen molar-refractivity contribution in [1.29, 1.82) is 0 Å². The maximum atomic E-state index is 12.1. The van der Waals surface area contributed by atoms with Crippen LogP contribution >= 0.6 is 0 Å². The molecule has 0 saturated carbocycles. The average Bonchev–Trinajstić information content (AvgIpc) is 2.50. The summed E-state index contributed by atoms with van der Waals surface area (Å²) in [6.07, 6.45) is 0. The molecule has 0 aliphatic heterocycles. The van der Waals surface area contributed by atoms with Crippen molar-refractivity contribution in [3.8, 4) is 11.8 Å². The average molecular weight is 288 g/mol. The van der Waals surface area contributed by atoms with Crippen LogP contribution in [0.1, 0.15) is 29.8 Å². The van der Waals surface area contributed by atoms with Gasteiger partial charge in [-0.15, -0.1) is 0 Å². The van der Waals surface area contributed by atoms with Crippen LogP contribution in [0.4, 0.5) is 0 Å². The molecule has 5 nitrogen and oxygen atoms in total. The van der Waals surface area contributed by atoms with E-state index in [0.29, 0.717) is 11.1 Å². The first-order chi connectivity index (χ1) is 9.90. The summed E-state index contributed by atoms with van der Waals surface area (Å²) in [5.74, 6) is 4.88. The molecule has 2 amide bonds. The van der Waals surface area contributed by atoms with Crippen LogP contribution in [0.25, 0.3) is 0 Å². The summed E-state index contributed by atoms with van der Waals surface area (Å²) in [5, 5.41) is 14.0. The molecule has 1 rings (SSSR count). The second-order valence-corrected chi connectivity index (χ2v) is 5.19. The van der Waals surface area contributed by atoms with E-state index in [4.69, 9.17) is 5.11 Å². The Balaban J connectivity index is 2.74. The number of aliphatic hydroxyl groups excluding tert-OH is 1. The second-order valence-electron chi connectivity index (χ2n) is 5.19. The SMILES string of the molecule is CNC(=O)C(C)(C)CNC(=O)c1cccc(C#CCO)c1. The Labute approximate surface area is 124 Å². The topological polar surface area (TPSA) is 78.4 Å². The van der Waals surface area contributed by atoms with Gasteiger partial charge in [0, 0.05) is 24.7 Å². The Kier molecular flexibility index (Phi) is 5.94. The largest absolute Gasteiger partial charge is 0.384 e. The van der Waals surface area contributed by atoms with Gasteiger partial charge in [-0.05, 0) is 32.0 Å².